The Morgan fingerprint density at radius 2 is 0.568 bits per heavy atom. The van der Waals surface area contributed by atoms with Crippen molar-refractivity contribution in [1.29, 1.82) is 0 Å². The molecule has 0 spiro atoms. The number of aliphatic carboxylic acids is 1. The SMILES string of the molecule is CC/C=C\C/C=C\C/C=C\C/C=C\C/C=C\C/C=C\CCCCCCCCCCCCC(=O)OC(COC(=O)CCCCCCCCCCCCCCCCCCCCCCCCCCC/C=C\C/C=C\C/C=C\C/C=C\C/C=C\CC)COC(OCC[N+](C)(C)C)C(=O)[O-]. The minimum atomic E-state index is -1.63. The summed E-state index contributed by atoms with van der Waals surface area (Å²) in [6.45, 7) is 4.54. The van der Waals surface area contributed by atoms with Crippen molar-refractivity contribution in [3.8, 4) is 0 Å². The summed E-state index contributed by atoms with van der Waals surface area (Å²) >= 11 is 0. The highest BCUT2D eigenvalue weighted by Gasteiger charge is 2.22. The van der Waals surface area contributed by atoms with E-state index in [1.807, 2.05) is 21.1 Å². The Hall–Kier alpha value is -4.57. The predicted molar refractivity (Wildman–Crippen MR) is 407 cm³/mol. The average molecular weight is 1320 g/mol. The number of ether oxygens (including phenoxy) is 4. The van der Waals surface area contributed by atoms with Gasteiger partial charge in [0, 0.05) is 12.8 Å². The van der Waals surface area contributed by atoms with Crippen molar-refractivity contribution < 1.29 is 42.9 Å². The first-order chi connectivity index (χ1) is 46.6. The van der Waals surface area contributed by atoms with Crippen LogP contribution in [0.1, 0.15) is 335 Å². The standard InChI is InChI=1S/C86H147NO8/c1-6-8-10-12-14-16-18-20-22-24-26-28-30-32-34-36-37-38-39-40-41-42-43-44-45-46-47-49-50-52-54-56-58-60-62-64-66-68-70-72-74-76-83(88)93-80-82(81-94-86(85(90)91)92-79-78-87(3,4)5)95-84(89)77-75-73-71-69-67-65-63-61-59-57-55-53-51-48-35-33-31-29-27-25-23-21-19-17-15-13-11-9-7-2/h8-11,14-17,20-23,26-29,32-35,51,53,82,86H,6-7,12-13,18-19,24-25,30-31,36-50,52,54-81H2,1-5H3/b10-8-,11-9-,16-14-,17-15-,22-20-,23-21-,28-26-,29-27-,34-32-,35-33-,53-51-. The molecule has 0 aromatic rings. The number of likely N-dealkylation sites (N-methyl/N-ethyl adjacent to an activating group) is 1. The highest BCUT2D eigenvalue weighted by molar-refractivity contribution is 5.70. The first-order valence-corrected chi connectivity index (χ1v) is 39.3. The van der Waals surface area contributed by atoms with Crippen LogP contribution in [0.5, 0.6) is 0 Å². The van der Waals surface area contributed by atoms with Crippen LogP contribution in [0.15, 0.2) is 134 Å². The van der Waals surface area contributed by atoms with E-state index in [2.05, 4.69) is 148 Å². The van der Waals surface area contributed by atoms with Crippen molar-refractivity contribution in [2.75, 3.05) is 47.5 Å². The molecule has 544 valence electrons. The summed E-state index contributed by atoms with van der Waals surface area (Å²) in [6, 6.07) is 0. The molecular formula is C86H147NO8. The number of hydrogen-bond acceptors (Lipinski definition) is 8. The molecule has 9 nitrogen and oxygen atoms in total. The van der Waals surface area contributed by atoms with Crippen LogP contribution in [0.3, 0.4) is 0 Å². The monoisotopic (exact) mass is 1320 g/mol. The van der Waals surface area contributed by atoms with E-state index in [1.54, 1.807) is 0 Å². The van der Waals surface area contributed by atoms with E-state index in [0.717, 1.165) is 116 Å². The number of allylic oxidation sites excluding steroid dienone is 22. The number of esters is 2. The molecule has 0 amide bonds. The number of carbonyl (C=O) groups is 3. The summed E-state index contributed by atoms with van der Waals surface area (Å²) in [5, 5.41) is 11.9. The van der Waals surface area contributed by atoms with Crippen molar-refractivity contribution in [3.05, 3.63) is 134 Å². The Bertz CT molecular complexity index is 2030. The molecule has 0 radical (unpaired) electrons. The fourth-order valence-corrected chi connectivity index (χ4v) is 11.0. The van der Waals surface area contributed by atoms with Gasteiger partial charge in [-0.25, -0.2) is 0 Å². The van der Waals surface area contributed by atoms with Crippen molar-refractivity contribution in [1.82, 2.24) is 0 Å². The van der Waals surface area contributed by atoms with Gasteiger partial charge in [-0.05, 0) is 109 Å². The van der Waals surface area contributed by atoms with Crippen molar-refractivity contribution in [2.45, 2.75) is 347 Å². The molecule has 2 atom stereocenters. The fourth-order valence-electron chi connectivity index (χ4n) is 11.0. The van der Waals surface area contributed by atoms with E-state index in [4.69, 9.17) is 18.9 Å². The zero-order valence-corrected chi connectivity index (χ0v) is 62.3. The first kappa shape index (κ1) is 90.4. The van der Waals surface area contributed by atoms with Crippen molar-refractivity contribution in [2.24, 2.45) is 0 Å². The van der Waals surface area contributed by atoms with Gasteiger partial charge >= 0.3 is 11.9 Å². The lowest BCUT2D eigenvalue weighted by Gasteiger charge is -2.26. The maximum absolute atomic E-state index is 13.0. The van der Waals surface area contributed by atoms with Gasteiger partial charge in [0.1, 0.15) is 13.2 Å². The molecule has 0 fully saturated rings. The van der Waals surface area contributed by atoms with Gasteiger partial charge in [0.05, 0.1) is 40.3 Å². The van der Waals surface area contributed by atoms with Crippen LogP contribution in [-0.2, 0) is 33.3 Å². The fraction of sp³-hybridized carbons (Fsp3) is 0.709. The third-order valence-corrected chi connectivity index (χ3v) is 16.9. The summed E-state index contributed by atoms with van der Waals surface area (Å²) in [5.74, 6) is -2.28. The summed E-state index contributed by atoms with van der Waals surface area (Å²) in [6.07, 6.45) is 106. The summed E-state index contributed by atoms with van der Waals surface area (Å²) in [5.41, 5.74) is 0. The van der Waals surface area contributed by atoms with Gasteiger partial charge < -0.3 is 33.3 Å². The Morgan fingerprint density at radius 1 is 0.316 bits per heavy atom. The van der Waals surface area contributed by atoms with E-state index in [9.17, 15) is 19.5 Å². The molecule has 0 saturated carbocycles. The second kappa shape index (κ2) is 75.2. The number of unbranched alkanes of at least 4 members (excludes halogenated alkanes) is 35. The largest absolute Gasteiger partial charge is 0.545 e. The molecule has 0 heterocycles. The average Bonchev–Trinajstić information content (AvgIpc) is 2.86. The Labute approximate surface area is 586 Å². The summed E-state index contributed by atoms with van der Waals surface area (Å²) < 4.78 is 22.8. The van der Waals surface area contributed by atoms with E-state index in [0.29, 0.717) is 17.4 Å². The second-order valence-corrected chi connectivity index (χ2v) is 27.2. The number of quaternary nitrogens is 1. The topological polar surface area (TPSA) is 111 Å². The van der Waals surface area contributed by atoms with Crippen LogP contribution in [0.25, 0.3) is 0 Å². The lowest BCUT2D eigenvalue weighted by Crippen LogP contribution is -2.44. The van der Waals surface area contributed by atoms with Crippen LogP contribution in [0.2, 0.25) is 0 Å². The quantitative estimate of drug-likeness (QED) is 0.0195. The van der Waals surface area contributed by atoms with Gasteiger partial charge in [-0.15, -0.1) is 0 Å². The molecule has 2 unspecified atom stereocenters. The number of carbonyl (C=O) groups excluding carboxylic acids is 3. The third kappa shape index (κ3) is 76.7. The van der Waals surface area contributed by atoms with Gasteiger partial charge in [-0.3, -0.25) is 9.59 Å². The Morgan fingerprint density at radius 3 is 0.842 bits per heavy atom. The van der Waals surface area contributed by atoms with Crippen LogP contribution in [-0.4, -0.2) is 82.3 Å². The highest BCUT2D eigenvalue weighted by atomic mass is 16.7. The number of hydrogen-bond donors (Lipinski definition) is 0. The summed E-state index contributed by atoms with van der Waals surface area (Å²) in [4.78, 5) is 37.6. The lowest BCUT2D eigenvalue weighted by molar-refractivity contribution is -0.870. The molecule has 0 rings (SSSR count). The van der Waals surface area contributed by atoms with Gasteiger partial charge in [-0.1, -0.05) is 347 Å². The van der Waals surface area contributed by atoms with Gasteiger partial charge in [0.25, 0.3) is 0 Å². The number of rotatable bonds is 72. The maximum atomic E-state index is 13.0. The number of nitrogens with zero attached hydrogens (tertiary/aromatic N) is 1. The van der Waals surface area contributed by atoms with E-state index < -0.39 is 24.3 Å². The molecule has 0 bridgehead atoms. The third-order valence-electron chi connectivity index (χ3n) is 16.9. The molecule has 95 heavy (non-hydrogen) atoms. The second-order valence-electron chi connectivity index (χ2n) is 27.2. The highest BCUT2D eigenvalue weighted by Crippen LogP contribution is 2.18. The summed E-state index contributed by atoms with van der Waals surface area (Å²) in [7, 11) is 5.93. The van der Waals surface area contributed by atoms with E-state index >= 15 is 0 Å². The molecular weight excluding hydrogens is 1170 g/mol. The molecule has 0 aliphatic rings. The van der Waals surface area contributed by atoms with Crippen molar-refractivity contribution >= 4 is 17.9 Å². The molecule has 0 N–H and O–H groups in total. The van der Waals surface area contributed by atoms with Crippen LogP contribution < -0.4 is 5.11 Å². The molecule has 0 aliphatic carbocycles. The normalized spacial score (nSPS) is 13.4. The van der Waals surface area contributed by atoms with Gasteiger partial charge in [0.2, 0.25) is 0 Å². The molecule has 9 heteroatoms. The smallest absolute Gasteiger partial charge is 0.306 e. The zero-order valence-electron chi connectivity index (χ0n) is 62.3. The number of carboxylic acid groups (broad SMARTS) is 1. The Balaban J connectivity index is 4.00. The van der Waals surface area contributed by atoms with Crippen LogP contribution in [0, 0.1) is 0 Å². The predicted octanol–water partition coefficient (Wildman–Crippen LogP) is 23.9. The van der Waals surface area contributed by atoms with Gasteiger partial charge in [-0.2, -0.15) is 0 Å². The van der Waals surface area contributed by atoms with Gasteiger partial charge in [0.15, 0.2) is 12.4 Å². The molecule has 0 aromatic carbocycles. The van der Waals surface area contributed by atoms with E-state index in [1.165, 1.54) is 186 Å². The Kier molecular flexibility index (Phi) is 71.6. The minimum Gasteiger partial charge on any atom is -0.545 e. The molecule has 0 aliphatic heterocycles. The van der Waals surface area contributed by atoms with Crippen molar-refractivity contribution in [3.63, 3.8) is 0 Å². The van der Waals surface area contributed by atoms with Crippen LogP contribution >= 0.6 is 0 Å². The lowest BCUT2D eigenvalue weighted by atomic mass is 10.0. The van der Waals surface area contributed by atoms with E-state index in [-0.39, 0.29) is 38.6 Å². The molecule has 0 saturated heterocycles. The molecule has 0 aromatic heterocycles. The minimum absolute atomic E-state index is 0.143. The first-order valence-electron chi connectivity index (χ1n) is 39.3. The maximum Gasteiger partial charge on any atom is 0.306 e. The zero-order chi connectivity index (χ0) is 69.0. The number of carboxylic acids is 1. The van der Waals surface area contributed by atoms with Crippen LogP contribution in [0.4, 0.5) is 0 Å².